The molecule has 0 fully saturated rings. The molecule has 7 nitrogen and oxygen atoms in total. The smallest absolute Gasteiger partial charge is 0.260 e. The molecule has 3 aromatic rings. The van der Waals surface area contributed by atoms with Gasteiger partial charge in [0, 0.05) is 25.4 Å². The van der Waals surface area contributed by atoms with Gasteiger partial charge in [-0.3, -0.25) is 4.79 Å². The van der Waals surface area contributed by atoms with Crippen LogP contribution in [0, 0.1) is 0 Å². The molecule has 0 unspecified atom stereocenters. The summed E-state index contributed by atoms with van der Waals surface area (Å²) in [7, 11) is 3.18. The van der Waals surface area contributed by atoms with Crippen LogP contribution in [0.3, 0.4) is 0 Å². The van der Waals surface area contributed by atoms with E-state index in [1.54, 1.807) is 55.6 Å². The molecule has 2 aromatic carbocycles. The normalized spacial score (nSPS) is 10.3. The quantitative estimate of drug-likeness (QED) is 0.485. The van der Waals surface area contributed by atoms with Crippen LogP contribution in [-0.4, -0.2) is 43.2 Å². The molecule has 0 saturated carbocycles. The number of nitrogens with zero attached hydrogens (tertiary/aromatic N) is 2. The highest BCUT2D eigenvalue weighted by atomic mass is 16.5. The molecule has 0 aliphatic rings. The lowest BCUT2D eigenvalue weighted by Gasteiger charge is -2.21. The van der Waals surface area contributed by atoms with Crippen LogP contribution >= 0.6 is 0 Å². The monoisotopic (exact) mass is 422 g/mol. The number of amides is 1. The predicted octanol–water partition coefficient (Wildman–Crippen LogP) is 4.32. The van der Waals surface area contributed by atoms with Crippen LogP contribution in [0.4, 0.5) is 0 Å². The standard InChI is InChI=1S/C24H26N2O5/c1-4-26(16-18-8-13-21(28-2)22(15-18)29-3)24(27)17-30-19-9-11-20(12-10-19)31-23-7-5-6-14-25-23/h5-15H,4,16-17H2,1-3H3. The summed E-state index contributed by atoms with van der Waals surface area (Å²) in [5, 5.41) is 0. The van der Waals surface area contributed by atoms with Gasteiger partial charge in [-0.25, -0.2) is 4.98 Å². The Morgan fingerprint density at radius 1 is 0.935 bits per heavy atom. The number of hydrogen-bond acceptors (Lipinski definition) is 6. The van der Waals surface area contributed by atoms with Crippen molar-refractivity contribution in [3.05, 3.63) is 72.4 Å². The number of carbonyl (C=O) groups excluding carboxylic acids is 1. The summed E-state index contributed by atoms with van der Waals surface area (Å²) in [5.74, 6) is 2.92. The first-order chi connectivity index (χ1) is 15.1. The largest absolute Gasteiger partial charge is 0.493 e. The average Bonchev–Trinajstić information content (AvgIpc) is 2.82. The highest BCUT2D eigenvalue weighted by Crippen LogP contribution is 2.28. The van der Waals surface area contributed by atoms with Gasteiger partial charge in [0.15, 0.2) is 18.1 Å². The molecule has 0 aliphatic carbocycles. The molecule has 31 heavy (non-hydrogen) atoms. The van der Waals surface area contributed by atoms with Crippen LogP contribution < -0.4 is 18.9 Å². The van der Waals surface area contributed by atoms with Gasteiger partial charge >= 0.3 is 0 Å². The van der Waals surface area contributed by atoms with Crippen LogP contribution in [0.25, 0.3) is 0 Å². The Hall–Kier alpha value is -3.74. The molecule has 0 spiro atoms. The van der Waals surface area contributed by atoms with Gasteiger partial charge in [0.2, 0.25) is 5.88 Å². The Morgan fingerprint density at radius 3 is 2.32 bits per heavy atom. The fourth-order valence-electron chi connectivity index (χ4n) is 2.94. The minimum Gasteiger partial charge on any atom is -0.493 e. The van der Waals surface area contributed by atoms with Crippen molar-refractivity contribution in [2.45, 2.75) is 13.5 Å². The SMILES string of the molecule is CCN(Cc1ccc(OC)c(OC)c1)C(=O)COc1ccc(Oc2ccccn2)cc1. The first-order valence-electron chi connectivity index (χ1n) is 9.93. The van der Waals surface area contributed by atoms with Crippen molar-refractivity contribution in [3.8, 4) is 28.9 Å². The molecule has 0 atom stereocenters. The van der Waals surface area contributed by atoms with E-state index in [9.17, 15) is 4.79 Å². The molecular formula is C24H26N2O5. The van der Waals surface area contributed by atoms with Gasteiger partial charge < -0.3 is 23.8 Å². The van der Waals surface area contributed by atoms with Crippen LogP contribution in [0.2, 0.25) is 0 Å². The van der Waals surface area contributed by atoms with Crippen molar-refractivity contribution < 1.29 is 23.7 Å². The van der Waals surface area contributed by atoms with E-state index in [1.165, 1.54) is 0 Å². The maximum atomic E-state index is 12.6. The van der Waals surface area contributed by atoms with Crippen LogP contribution in [0.15, 0.2) is 66.9 Å². The summed E-state index contributed by atoms with van der Waals surface area (Å²) < 4.78 is 21.9. The number of methoxy groups -OCH3 is 2. The number of hydrogen-bond donors (Lipinski definition) is 0. The molecule has 0 aliphatic heterocycles. The molecular weight excluding hydrogens is 396 g/mol. The first kappa shape index (κ1) is 22.0. The number of ether oxygens (including phenoxy) is 4. The van der Waals surface area contributed by atoms with E-state index in [4.69, 9.17) is 18.9 Å². The Kier molecular flexibility index (Phi) is 7.70. The third-order valence-electron chi connectivity index (χ3n) is 4.60. The second-order valence-electron chi connectivity index (χ2n) is 6.63. The first-order valence-corrected chi connectivity index (χ1v) is 9.93. The van der Waals surface area contributed by atoms with Crippen molar-refractivity contribution in [1.29, 1.82) is 0 Å². The number of pyridine rings is 1. The van der Waals surface area contributed by atoms with E-state index < -0.39 is 0 Å². The minimum atomic E-state index is -0.105. The molecule has 0 N–H and O–H groups in total. The second-order valence-corrected chi connectivity index (χ2v) is 6.63. The predicted molar refractivity (Wildman–Crippen MR) is 117 cm³/mol. The van der Waals surface area contributed by atoms with E-state index in [0.717, 1.165) is 5.56 Å². The summed E-state index contributed by atoms with van der Waals surface area (Å²) in [6.45, 7) is 2.90. The van der Waals surface area contributed by atoms with E-state index >= 15 is 0 Å². The van der Waals surface area contributed by atoms with E-state index in [0.29, 0.717) is 42.0 Å². The summed E-state index contributed by atoms with van der Waals surface area (Å²) in [5.41, 5.74) is 0.948. The molecule has 1 aromatic heterocycles. The van der Waals surface area contributed by atoms with Crippen molar-refractivity contribution in [2.75, 3.05) is 27.4 Å². The van der Waals surface area contributed by atoms with Gasteiger partial charge in [-0.15, -0.1) is 0 Å². The van der Waals surface area contributed by atoms with E-state index in [1.807, 2.05) is 37.3 Å². The Balaban J connectivity index is 1.55. The number of likely N-dealkylation sites (N-methyl/N-ethyl adjacent to an activating group) is 1. The van der Waals surface area contributed by atoms with Crippen molar-refractivity contribution in [2.24, 2.45) is 0 Å². The lowest BCUT2D eigenvalue weighted by Crippen LogP contribution is -2.34. The van der Waals surface area contributed by atoms with Gasteiger partial charge in [-0.05, 0) is 55.0 Å². The van der Waals surface area contributed by atoms with Gasteiger partial charge in [0.25, 0.3) is 5.91 Å². The molecule has 3 rings (SSSR count). The summed E-state index contributed by atoms with van der Waals surface area (Å²) in [6, 6.07) is 18.1. The fraction of sp³-hybridized carbons (Fsp3) is 0.250. The number of carbonyl (C=O) groups is 1. The van der Waals surface area contributed by atoms with Gasteiger partial charge in [-0.1, -0.05) is 12.1 Å². The van der Waals surface area contributed by atoms with Gasteiger partial charge in [0.05, 0.1) is 14.2 Å². The molecule has 0 bridgehead atoms. The average molecular weight is 422 g/mol. The molecule has 0 saturated heterocycles. The minimum absolute atomic E-state index is 0.0540. The molecule has 1 heterocycles. The zero-order valence-electron chi connectivity index (χ0n) is 17.9. The Morgan fingerprint density at radius 2 is 1.68 bits per heavy atom. The second kappa shape index (κ2) is 10.9. The highest BCUT2D eigenvalue weighted by Gasteiger charge is 2.14. The van der Waals surface area contributed by atoms with Crippen LogP contribution in [0.1, 0.15) is 12.5 Å². The molecule has 162 valence electrons. The fourth-order valence-corrected chi connectivity index (χ4v) is 2.94. The number of benzene rings is 2. The topological polar surface area (TPSA) is 70.1 Å². The molecule has 0 radical (unpaired) electrons. The zero-order chi connectivity index (χ0) is 22.1. The van der Waals surface area contributed by atoms with Crippen LogP contribution in [0.5, 0.6) is 28.9 Å². The molecule has 1 amide bonds. The van der Waals surface area contributed by atoms with Gasteiger partial charge in [0.1, 0.15) is 11.5 Å². The van der Waals surface area contributed by atoms with Gasteiger partial charge in [-0.2, -0.15) is 0 Å². The summed E-state index contributed by atoms with van der Waals surface area (Å²) in [4.78, 5) is 18.5. The summed E-state index contributed by atoms with van der Waals surface area (Å²) in [6.07, 6.45) is 1.67. The maximum Gasteiger partial charge on any atom is 0.260 e. The Bertz CT molecular complexity index is 977. The summed E-state index contributed by atoms with van der Waals surface area (Å²) >= 11 is 0. The lowest BCUT2D eigenvalue weighted by molar-refractivity contribution is -0.133. The highest BCUT2D eigenvalue weighted by molar-refractivity contribution is 5.77. The van der Waals surface area contributed by atoms with Crippen molar-refractivity contribution >= 4 is 5.91 Å². The zero-order valence-corrected chi connectivity index (χ0v) is 17.9. The van der Waals surface area contributed by atoms with Crippen LogP contribution in [-0.2, 0) is 11.3 Å². The van der Waals surface area contributed by atoms with Crippen molar-refractivity contribution in [1.82, 2.24) is 9.88 Å². The lowest BCUT2D eigenvalue weighted by atomic mass is 10.2. The van der Waals surface area contributed by atoms with Crippen molar-refractivity contribution in [3.63, 3.8) is 0 Å². The number of rotatable bonds is 10. The maximum absolute atomic E-state index is 12.6. The van der Waals surface area contributed by atoms with E-state index in [-0.39, 0.29) is 12.5 Å². The van der Waals surface area contributed by atoms with E-state index in [2.05, 4.69) is 4.98 Å². The molecule has 7 heteroatoms. The third kappa shape index (κ3) is 6.12. The third-order valence-corrected chi connectivity index (χ3v) is 4.60. The Labute approximate surface area is 182 Å². The number of aromatic nitrogens is 1.